The first-order chi connectivity index (χ1) is 4.20. The Morgan fingerprint density at radius 1 is 1.27 bits per heavy atom. The normalized spacial score (nSPS) is 8.00. The molecule has 0 bridgehead atoms. The molecule has 1 aromatic rings. The van der Waals surface area contributed by atoms with Gasteiger partial charge in [0, 0.05) is 0 Å². The fourth-order valence-electron chi connectivity index (χ4n) is 0.632. The summed E-state index contributed by atoms with van der Waals surface area (Å²) in [6.45, 7) is 1.82. The van der Waals surface area contributed by atoms with Crippen LogP contribution in [0.5, 0.6) is 0 Å². The first-order valence-electron chi connectivity index (χ1n) is 2.72. The van der Waals surface area contributed by atoms with Crippen LogP contribution in [0, 0.1) is 12.7 Å². The van der Waals surface area contributed by atoms with Crippen LogP contribution in [0.1, 0.15) is 5.56 Å². The summed E-state index contributed by atoms with van der Waals surface area (Å²) >= 11 is 0. The Morgan fingerprint density at radius 2 is 1.82 bits per heavy atom. The number of hydrogen-bond acceptors (Lipinski definition) is 2. The Kier molecular flexibility index (Phi) is 5.66. The molecular formula is C7H8BFO2. The van der Waals surface area contributed by atoms with Gasteiger partial charge in [0.15, 0.2) is 0 Å². The van der Waals surface area contributed by atoms with Crippen molar-refractivity contribution in [2.75, 3.05) is 0 Å². The minimum atomic E-state index is -0.338. The van der Waals surface area contributed by atoms with Crippen molar-refractivity contribution in [3.8, 4) is 0 Å². The molecule has 0 aliphatic heterocycles. The molecule has 0 amide bonds. The maximum absolute atomic E-state index is 12.5. The van der Waals surface area contributed by atoms with Crippen LogP contribution in [0.2, 0.25) is 0 Å². The molecule has 0 radical (unpaired) electrons. The average Bonchev–Trinajstić information content (AvgIpc) is 1.80. The summed E-state index contributed by atoms with van der Waals surface area (Å²) in [6.07, 6.45) is 0. The fourth-order valence-corrected chi connectivity index (χ4v) is 0.632. The summed E-state index contributed by atoms with van der Waals surface area (Å²) in [5.74, 6) is -0.338. The number of halogens is 1. The predicted octanol–water partition coefficient (Wildman–Crippen LogP) is 0.574. The number of hydrogen-bond donors (Lipinski definition) is 0. The van der Waals surface area contributed by atoms with E-state index in [2.05, 4.69) is 0 Å². The molecule has 0 aromatic heterocycles. The molecule has 58 valence electrons. The van der Waals surface area contributed by atoms with Gasteiger partial charge in [-0.25, -0.2) is 0 Å². The van der Waals surface area contributed by atoms with Gasteiger partial charge in [0.05, 0.1) is 0 Å². The Balaban J connectivity index is 0. The largest absolute Gasteiger partial charge is 0.870 e. The minimum Gasteiger partial charge on any atom is -0.870 e. The SMILES string of the molecule is [B+2]c1ccc(C)cc1F.[OH-].[OH-]. The van der Waals surface area contributed by atoms with Crippen LogP contribution in [0.25, 0.3) is 0 Å². The van der Waals surface area contributed by atoms with Gasteiger partial charge in [-0.15, -0.1) is 0 Å². The summed E-state index contributed by atoms with van der Waals surface area (Å²) in [4.78, 5) is 0. The molecule has 2 N–H and O–H groups in total. The third-order valence-electron chi connectivity index (χ3n) is 1.16. The minimum absolute atomic E-state index is 0. The van der Waals surface area contributed by atoms with E-state index in [9.17, 15) is 4.39 Å². The van der Waals surface area contributed by atoms with Crippen molar-refractivity contribution in [3.05, 3.63) is 29.6 Å². The van der Waals surface area contributed by atoms with E-state index < -0.39 is 0 Å². The van der Waals surface area contributed by atoms with E-state index in [0.29, 0.717) is 0 Å². The van der Waals surface area contributed by atoms with Crippen LogP contribution in [0.3, 0.4) is 0 Å². The molecule has 2 nitrogen and oxygen atoms in total. The second-order valence-corrected chi connectivity index (χ2v) is 2.02. The fraction of sp³-hybridized carbons (Fsp3) is 0.143. The smallest absolute Gasteiger partial charge is 0.870 e. The molecule has 11 heavy (non-hydrogen) atoms. The Bertz CT molecular complexity index is 228. The van der Waals surface area contributed by atoms with E-state index in [-0.39, 0.29) is 22.2 Å². The second-order valence-electron chi connectivity index (χ2n) is 2.02. The molecule has 0 heterocycles. The van der Waals surface area contributed by atoms with E-state index in [0.717, 1.165) is 5.56 Å². The van der Waals surface area contributed by atoms with Crippen LogP contribution in [0.4, 0.5) is 4.39 Å². The summed E-state index contributed by atoms with van der Waals surface area (Å²) < 4.78 is 12.5. The quantitative estimate of drug-likeness (QED) is 0.513. The summed E-state index contributed by atoms with van der Waals surface area (Å²) in [6, 6.07) is 4.75. The van der Waals surface area contributed by atoms with Crippen LogP contribution < -0.4 is 5.46 Å². The molecule has 1 aromatic carbocycles. The molecule has 0 spiro atoms. The summed E-state index contributed by atoms with van der Waals surface area (Å²) in [5.41, 5.74) is 1.10. The van der Waals surface area contributed by atoms with Crippen molar-refractivity contribution in [2.24, 2.45) is 0 Å². The Morgan fingerprint density at radius 3 is 2.18 bits per heavy atom. The van der Waals surface area contributed by atoms with E-state index in [1.807, 2.05) is 6.92 Å². The molecule has 0 unspecified atom stereocenters. The van der Waals surface area contributed by atoms with Crippen molar-refractivity contribution >= 4 is 13.3 Å². The average molecular weight is 154 g/mol. The van der Waals surface area contributed by atoms with Crippen molar-refractivity contribution < 1.29 is 15.3 Å². The van der Waals surface area contributed by atoms with Gasteiger partial charge in [0.25, 0.3) is 0 Å². The summed E-state index contributed by atoms with van der Waals surface area (Å²) in [5, 5.41) is 0. The molecule has 0 aliphatic carbocycles. The number of rotatable bonds is 0. The molecule has 0 saturated carbocycles. The zero-order chi connectivity index (χ0) is 6.85. The van der Waals surface area contributed by atoms with Crippen molar-refractivity contribution in [3.63, 3.8) is 0 Å². The third-order valence-corrected chi connectivity index (χ3v) is 1.16. The molecule has 4 heteroatoms. The maximum atomic E-state index is 12.5. The van der Waals surface area contributed by atoms with Gasteiger partial charge >= 0.3 is 54.2 Å². The molecule has 0 atom stereocenters. The molecular weight excluding hydrogens is 146 g/mol. The molecule has 0 aliphatic rings. The van der Waals surface area contributed by atoms with Gasteiger partial charge in [0.2, 0.25) is 0 Å². The molecule has 1 rings (SSSR count). The van der Waals surface area contributed by atoms with Crippen molar-refractivity contribution in [1.29, 1.82) is 0 Å². The number of aryl methyl sites for hydroxylation is 1. The van der Waals surface area contributed by atoms with Gasteiger partial charge in [-0.1, -0.05) is 0 Å². The zero-order valence-electron chi connectivity index (χ0n) is 6.08. The first kappa shape index (κ1) is 12.8. The van der Waals surface area contributed by atoms with Gasteiger partial charge < -0.3 is 11.0 Å². The molecule has 0 saturated heterocycles. The first-order valence-corrected chi connectivity index (χ1v) is 2.72. The Hall–Kier alpha value is -0.865. The second kappa shape index (κ2) is 4.88. The van der Waals surface area contributed by atoms with Crippen LogP contribution in [0.15, 0.2) is 18.2 Å². The maximum Gasteiger partial charge on any atom is -0.870 e. The standard InChI is InChI=1S/C7H6BF.2H2O/c1-5-2-3-6(8)7(9)4-5;;/h2-4H,1H3;2*1H2/q+2;;/p-2. The van der Waals surface area contributed by atoms with E-state index in [1.165, 1.54) is 6.07 Å². The van der Waals surface area contributed by atoms with Crippen LogP contribution in [-0.4, -0.2) is 18.8 Å². The van der Waals surface area contributed by atoms with Gasteiger partial charge in [0.1, 0.15) is 0 Å². The number of benzene rings is 1. The van der Waals surface area contributed by atoms with Crippen molar-refractivity contribution in [2.45, 2.75) is 6.92 Å². The zero-order valence-corrected chi connectivity index (χ0v) is 6.08. The molecule has 0 fully saturated rings. The van der Waals surface area contributed by atoms with Gasteiger partial charge in [-0.3, -0.25) is 0 Å². The van der Waals surface area contributed by atoms with Gasteiger partial charge in [-0.2, -0.15) is 0 Å². The van der Waals surface area contributed by atoms with Crippen LogP contribution in [-0.2, 0) is 0 Å². The van der Waals surface area contributed by atoms with E-state index >= 15 is 0 Å². The monoisotopic (exact) mass is 154 g/mol. The topological polar surface area (TPSA) is 60.0 Å². The van der Waals surface area contributed by atoms with Gasteiger partial charge in [-0.05, 0) is 0 Å². The third kappa shape index (κ3) is 3.16. The van der Waals surface area contributed by atoms with E-state index in [4.69, 9.17) is 7.85 Å². The van der Waals surface area contributed by atoms with Crippen LogP contribution >= 0.6 is 0 Å². The summed E-state index contributed by atoms with van der Waals surface area (Å²) in [7, 11) is 5.21. The van der Waals surface area contributed by atoms with Crippen molar-refractivity contribution in [1.82, 2.24) is 0 Å². The predicted molar refractivity (Wildman–Crippen MR) is 40.4 cm³/mol. The Labute approximate surface area is 66.1 Å². The van der Waals surface area contributed by atoms with E-state index in [1.54, 1.807) is 12.1 Å².